The third-order valence-corrected chi connectivity index (χ3v) is 4.47. The van der Waals surface area contributed by atoms with Crippen molar-refractivity contribution >= 4 is 17.0 Å². The maximum absolute atomic E-state index is 12.3. The smallest absolute Gasteiger partial charge is 0.245 e. The van der Waals surface area contributed by atoms with Crippen LogP contribution in [0, 0.1) is 10.1 Å². The lowest BCUT2D eigenvalue weighted by molar-refractivity contribution is -0.536. The van der Waals surface area contributed by atoms with Crippen LogP contribution in [0.3, 0.4) is 0 Å². The van der Waals surface area contributed by atoms with Gasteiger partial charge in [0.15, 0.2) is 0 Å². The number of hydroxylamine groups is 2. The van der Waals surface area contributed by atoms with Gasteiger partial charge in [-0.05, 0) is 24.3 Å². The fraction of sp³-hybridized carbons (Fsp3) is 0.500. The molecule has 0 bridgehead atoms. The van der Waals surface area contributed by atoms with E-state index >= 15 is 0 Å². The van der Waals surface area contributed by atoms with Crippen molar-refractivity contribution in [3.05, 3.63) is 38.7 Å². The minimum atomic E-state index is -0.164. The Morgan fingerprint density at radius 2 is 2.24 bits per heavy atom. The molecule has 1 saturated carbocycles. The minimum Gasteiger partial charge on any atom is -0.758 e. The Morgan fingerprint density at radius 1 is 1.41 bits per heavy atom. The zero-order chi connectivity index (χ0) is 11.8. The van der Waals surface area contributed by atoms with Crippen LogP contribution >= 0.6 is 11.3 Å². The van der Waals surface area contributed by atoms with Crippen LogP contribution in [-0.2, 0) is 0 Å². The SMILES string of the molecule is O=[N+]1C=C(c2cccs2)N([O-])C2CCCCC21. The molecule has 0 saturated heterocycles. The van der Waals surface area contributed by atoms with Crippen LogP contribution in [0.1, 0.15) is 30.6 Å². The van der Waals surface area contributed by atoms with Crippen molar-refractivity contribution in [2.75, 3.05) is 0 Å². The molecule has 4 nitrogen and oxygen atoms in total. The standard InChI is InChI=1S/C12H14N2O2S/c15-13-8-11(12-6-3-7-17-12)14(16)10-5-2-1-4-9(10)13/h3,6-10H,1-2,4-5H2. The summed E-state index contributed by atoms with van der Waals surface area (Å²) in [6.07, 6.45) is 5.23. The molecule has 2 aliphatic rings. The lowest BCUT2D eigenvalue weighted by Gasteiger charge is -2.44. The number of fused-ring (bicyclic) bond motifs is 1. The van der Waals surface area contributed by atoms with Crippen LogP contribution < -0.4 is 0 Å². The summed E-state index contributed by atoms with van der Waals surface area (Å²) in [5, 5.41) is 15.3. The van der Waals surface area contributed by atoms with Gasteiger partial charge in [-0.2, -0.15) is 0 Å². The molecule has 2 unspecified atom stereocenters. The predicted molar refractivity (Wildman–Crippen MR) is 67.2 cm³/mol. The first-order chi connectivity index (χ1) is 8.27. The van der Waals surface area contributed by atoms with Crippen molar-refractivity contribution in [1.82, 2.24) is 5.06 Å². The first-order valence-electron chi connectivity index (χ1n) is 5.95. The Morgan fingerprint density at radius 3 is 3.00 bits per heavy atom. The van der Waals surface area contributed by atoms with Gasteiger partial charge < -0.3 is 10.3 Å². The zero-order valence-corrected chi connectivity index (χ0v) is 10.2. The molecule has 1 aliphatic heterocycles. The van der Waals surface area contributed by atoms with Gasteiger partial charge in [0, 0.05) is 16.1 Å². The first-order valence-corrected chi connectivity index (χ1v) is 6.83. The number of rotatable bonds is 1. The molecule has 1 fully saturated rings. The molecule has 0 spiro atoms. The molecule has 1 aromatic heterocycles. The van der Waals surface area contributed by atoms with Crippen molar-refractivity contribution in [2.24, 2.45) is 0 Å². The molecular formula is C12H14N2O2S. The first kappa shape index (κ1) is 10.9. The molecule has 90 valence electrons. The molecule has 0 radical (unpaired) electrons. The van der Waals surface area contributed by atoms with Crippen molar-refractivity contribution in [3.8, 4) is 0 Å². The molecule has 2 atom stereocenters. The maximum Gasteiger partial charge on any atom is 0.245 e. The second-order valence-electron chi connectivity index (χ2n) is 4.60. The summed E-state index contributed by atoms with van der Waals surface area (Å²) in [6, 6.07) is 3.48. The van der Waals surface area contributed by atoms with Gasteiger partial charge in [0.2, 0.25) is 12.2 Å². The van der Waals surface area contributed by atoms with Crippen molar-refractivity contribution < 1.29 is 4.76 Å². The van der Waals surface area contributed by atoms with E-state index in [0.717, 1.165) is 40.4 Å². The summed E-state index contributed by atoms with van der Waals surface area (Å²) in [5.41, 5.74) is 0.526. The summed E-state index contributed by atoms with van der Waals surface area (Å²) >= 11 is 1.50. The van der Waals surface area contributed by atoms with Crippen molar-refractivity contribution in [3.63, 3.8) is 0 Å². The Labute approximate surface area is 104 Å². The minimum absolute atomic E-state index is 0.148. The number of nitroso groups, excluding NO2 is 1. The van der Waals surface area contributed by atoms with Crippen LogP contribution in [0.15, 0.2) is 23.7 Å². The van der Waals surface area contributed by atoms with E-state index in [-0.39, 0.29) is 12.1 Å². The van der Waals surface area contributed by atoms with Crippen molar-refractivity contribution in [2.45, 2.75) is 37.8 Å². The third-order valence-electron chi connectivity index (χ3n) is 3.58. The van der Waals surface area contributed by atoms with Gasteiger partial charge in [-0.15, -0.1) is 11.3 Å². The Kier molecular flexibility index (Phi) is 2.72. The molecule has 0 N–H and O–H groups in total. The number of hydrogen-bond donors (Lipinski definition) is 0. The Hall–Kier alpha value is -1.20. The van der Waals surface area contributed by atoms with Crippen LogP contribution in [0.25, 0.3) is 5.70 Å². The quantitative estimate of drug-likeness (QED) is 0.720. The number of thiophene rings is 1. The molecule has 1 aliphatic carbocycles. The van der Waals surface area contributed by atoms with E-state index in [4.69, 9.17) is 0 Å². The van der Waals surface area contributed by atoms with Gasteiger partial charge in [-0.1, -0.05) is 12.5 Å². The van der Waals surface area contributed by atoms with Gasteiger partial charge in [0.05, 0.1) is 10.9 Å². The van der Waals surface area contributed by atoms with E-state index in [9.17, 15) is 10.1 Å². The highest BCUT2D eigenvalue weighted by Gasteiger charge is 2.41. The summed E-state index contributed by atoms with van der Waals surface area (Å²) in [5.74, 6) is 0. The van der Waals surface area contributed by atoms with Crippen LogP contribution in [-0.4, -0.2) is 21.9 Å². The molecule has 17 heavy (non-hydrogen) atoms. The van der Waals surface area contributed by atoms with E-state index in [1.807, 2.05) is 17.5 Å². The summed E-state index contributed by atoms with van der Waals surface area (Å²) < 4.78 is 0.993. The summed E-state index contributed by atoms with van der Waals surface area (Å²) in [6.45, 7) is 0. The summed E-state index contributed by atoms with van der Waals surface area (Å²) in [7, 11) is 0. The largest absolute Gasteiger partial charge is 0.758 e. The zero-order valence-electron chi connectivity index (χ0n) is 9.41. The van der Waals surface area contributed by atoms with E-state index in [1.165, 1.54) is 17.5 Å². The lowest BCUT2D eigenvalue weighted by Crippen LogP contribution is -2.48. The second-order valence-corrected chi connectivity index (χ2v) is 5.54. The molecule has 1 aromatic rings. The maximum atomic E-state index is 12.3. The van der Waals surface area contributed by atoms with Gasteiger partial charge >= 0.3 is 0 Å². The third kappa shape index (κ3) is 1.79. The normalized spacial score (nSPS) is 28.9. The van der Waals surface area contributed by atoms with Gasteiger partial charge in [0.1, 0.15) is 5.70 Å². The highest BCUT2D eigenvalue weighted by Crippen LogP contribution is 2.35. The van der Waals surface area contributed by atoms with Crippen LogP contribution in [0.4, 0.5) is 0 Å². The Bertz CT molecular complexity index is 455. The number of hydrogen-bond acceptors (Lipinski definition) is 4. The highest BCUT2D eigenvalue weighted by atomic mass is 32.1. The van der Waals surface area contributed by atoms with E-state index in [0.29, 0.717) is 5.70 Å². The fourth-order valence-electron chi connectivity index (χ4n) is 2.71. The van der Waals surface area contributed by atoms with Crippen LogP contribution in [0.2, 0.25) is 0 Å². The highest BCUT2D eigenvalue weighted by molar-refractivity contribution is 7.11. The monoisotopic (exact) mass is 250 g/mol. The van der Waals surface area contributed by atoms with E-state index in [1.54, 1.807) is 0 Å². The molecule has 0 amide bonds. The fourth-order valence-corrected chi connectivity index (χ4v) is 3.43. The molecule has 3 rings (SSSR count). The average molecular weight is 250 g/mol. The molecular weight excluding hydrogens is 236 g/mol. The van der Waals surface area contributed by atoms with E-state index in [2.05, 4.69) is 0 Å². The topological polar surface area (TPSA) is 46.4 Å². The summed E-state index contributed by atoms with van der Waals surface area (Å²) in [4.78, 5) is 12.8. The van der Waals surface area contributed by atoms with Gasteiger partial charge in [0.25, 0.3) is 0 Å². The molecule has 5 heteroatoms. The predicted octanol–water partition coefficient (Wildman–Crippen LogP) is 2.95. The molecule has 2 heterocycles. The van der Waals surface area contributed by atoms with Gasteiger partial charge in [-0.3, -0.25) is 0 Å². The Balaban J connectivity index is 1.97. The lowest BCUT2D eigenvalue weighted by atomic mass is 9.88. The average Bonchev–Trinajstić information content (AvgIpc) is 2.87. The van der Waals surface area contributed by atoms with Crippen molar-refractivity contribution in [1.29, 1.82) is 0 Å². The van der Waals surface area contributed by atoms with E-state index < -0.39 is 0 Å². The van der Waals surface area contributed by atoms with Crippen LogP contribution in [0.5, 0.6) is 0 Å². The number of nitrogens with zero attached hydrogens (tertiary/aromatic N) is 2. The molecule has 0 aromatic carbocycles. The second kappa shape index (κ2) is 4.23. The van der Waals surface area contributed by atoms with Gasteiger partial charge in [-0.25, -0.2) is 0 Å².